The van der Waals surface area contributed by atoms with Crippen LogP contribution in [-0.4, -0.2) is 19.2 Å². The first kappa shape index (κ1) is 15.8. The highest BCUT2D eigenvalue weighted by atomic mass is 35.5. The van der Waals surface area contributed by atoms with Crippen LogP contribution in [0.2, 0.25) is 5.02 Å². The van der Waals surface area contributed by atoms with E-state index in [1.807, 2.05) is 36.4 Å². The van der Waals surface area contributed by atoms with Crippen LogP contribution in [0.5, 0.6) is 5.75 Å². The number of nitrogens with zero attached hydrogens (tertiary/aromatic N) is 1. The second-order valence-electron chi connectivity index (χ2n) is 4.36. The first-order valence-corrected chi connectivity index (χ1v) is 6.96. The first-order valence-electron chi connectivity index (χ1n) is 6.59. The number of carbonyl (C=O) groups is 1. The van der Waals surface area contributed by atoms with E-state index < -0.39 is 0 Å². The van der Waals surface area contributed by atoms with Crippen LogP contribution in [0.25, 0.3) is 6.08 Å². The van der Waals surface area contributed by atoms with E-state index in [9.17, 15) is 4.79 Å². The quantitative estimate of drug-likeness (QED) is 0.521. The number of hydrogen-bond donors (Lipinski definition) is 1. The number of benzene rings is 2. The van der Waals surface area contributed by atoms with Crippen LogP contribution >= 0.6 is 11.6 Å². The number of methoxy groups -OCH3 is 1. The van der Waals surface area contributed by atoms with Gasteiger partial charge in [0.15, 0.2) is 0 Å². The average molecular weight is 315 g/mol. The molecule has 1 N–H and O–H groups in total. The van der Waals surface area contributed by atoms with Crippen molar-refractivity contribution in [2.24, 2.45) is 5.10 Å². The van der Waals surface area contributed by atoms with Gasteiger partial charge in [0.05, 0.1) is 13.3 Å². The van der Waals surface area contributed by atoms with Crippen LogP contribution in [0.3, 0.4) is 0 Å². The average Bonchev–Trinajstić information content (AvgIpc) is 2.55. The molecule has 2 aromatic carbocycles. The Morgan fingerprint density at radius 2 is 1.91 bits per heavy atom. The predicted molar refractivity (Wildman–Crippen MR) is 89.2 cm³/mol. The van der Waals surface area contributed by atoms with Crippen LogP contribution in [0.15, 0.2) is 59.7 Å². The molecule has 22 heavy (non-hydrogen) atoms. The number of rotatable bonds is 5. The fourth-order valence-corrected chi connectivity index (χ4v) is 1.85. The zero-order valence-electron chi connectivity index (χ0n) is 12.0. The van der Waals surface area contributed by atoms with Gasteiger partial charge < -0.3 is 4.74 Å². The van der Waals surface area contributed by atoms with Crippen molar-refractivity contribution in [3.05, 3.63) is 70.8 Å². The maximum Gasteiger partial charge on any atom is 0.264 e. The molecule has 0 spiro atoms. The summed E-state index contributed by atoms with van der Waals surface area (Å²) in [4.78, 5) is 11.7. The Labute approximate surface area is 134 Å². The van der Waals surface area contributed by atoms with Gasteiger partial charge in [0.1, 0.15) is 5.75 Å². The third-order valence-corrected chi connectivity index (χ3v) is 3.07. The Balaban J connectivity index is 1.92. The number of amides is 1. The normalized spacial score (nSPS) is 11.0. The molecule has 0 aliphatic carbocycles. The second-order valence-corrected chi connectivity index (χ2v) is 4.80. The lowest BCUT2D eigenvalue weighted by Crippen LogP contribution is -2.14. The number of para-hydroxylation sites is 1. The molecule has 0 aliphatic heterocycles. The van der Waals surface area contributed by atoms with Crippen molar-refractivity contribution >= 4 is 29.8 Å². The van der Waals surface area contributed by atoms with Gasteiger partial charge in [-0.05, 0) is 35.9 Å². The van der Waals surface area contributed by atoms with Crippen molar-refractivity contribution in [3.8, 4) is 5.75 Å². The van der Waals surface area contributed by atoms with Gasteiger partial charge in [-0.3, -0.25) is 4.79 Å². The van der Waals surface area contributed by atoms with E-state index in [1.54, 1.807) is 25.3 Å². The molecule has 0 atom stereocenters. The number of carbonyl (C=O) groups excluding carboxylic acids is 1. The highest BCUT2D eigenvalue weighted by Gasteiger charge is 1.98. The summed E-state index contributed by atoms with van der Waals surface area (Å²) in [5.41, 5.74) is 4.09. The summed E-state index contributed by atoms with van der Waals surface area (Å²) in [5.74, 6) is 0.373. The molecule has 0 heterocycles. The predicted octanol–water partition coefficient (Wildman–Crippen LogP) is 3.51. The molecule has 112 valence electrons. The van der Waals surface area contributed by atoms with Crippen LogP contribution < -0.4 is 10.2 Å². The third-order valence-electron chi connectivity index (χ3n) is 2.81. The van der Waals surface area contributed by atoms with E-state index in [0.29, 0.717) is 10.8 Å². The van der Waals surface area contributed by atoms with Gasteiger partial charge in [-0.1, -0.05) is 35.9 Å². The third kappa shape index (κ3) is 4.75. The zero-order chi connectivity index (χ0) is 15.8. The van der Waals surface area contributed by atoms with Gasteiger partial charge in [0, 0.05) is 16.7 Å². The molecule has 0 saturated heterocycles. The maximum atomic E-state index is 11.7. The fourth-order valence-electron chi connectivity index (χ4n) is 1.72. The molecule has 0 unspecified atom stereocenters. The topological polar surface area (TPSA) is 50.7 Å². The minimum atomic E-state index is -0.318. The highest BCUT2D eigenvalue weighted by Crippen LogP contribution is 2.14. The molecule has 0 bridgehead atoms. The summed E-state index contributed by atoms with van der Waals surface area (Å²) in [6.45, 7) is 0. The Morgan fingerprint density at radius 3 is 2.64 bits per heavy atom. The number of ether oxygens (including phenoxy) is 1. The lowest BCUT2D eigenvalue weighted by molar-refractivity contribution is -0.116. The smallest absolute Gasteiger partial charge is 0.264 e. The van der Waals surface area contributed by atoms with E-state index in [1.165, 1.54) is 12.3 Å². The Kier molecular flexibility index (Phi) is 5.74. The molecule has 2 rings (SSSR count). The van der Waals surface area contributed by atoms with Crippen molar-refractivity contribution in [2.45, 2.75) is 0 Å². The largest absolute Gasteiger partial charge is 0.496 e. The SMILES string of the molecule is COc1ccccc1/C=N\NC(=O)/C=C/c1ccc(Cl)cc1. The summed E-state index contributed by atoms with van der Waals surface area (Å²) >= 11 is 5.79. The zero-order valence-corrected chi connectivity index (χ0v) is 12.7. The van der Waals surface area contributed by atoms with E-state index >= 15 is 0 Å². The summed E-state index contributed by atoms with van der Waals surface area (Å²) in [7, 11) is 1.58. The molecular formula is C17H15ClN2O2. The Hall–Kier alpha value is -2.59. The minimum Gasteiger partial charge on any atom is -0.496 e. The van der Waals surface area contributed by atoms with Crippen molar-refractivity contribution in [3.63, 3.8) is 0 Å². The number of nitrogens with one attached hydrogen (secondary N) is 1. The monoisotopic (exact) mass is 314 g/mol. The molecule has 1 amide bonds. The van der Waals surface area contributed by atoms with E-state index in [2.05, 4.69) is 10.5 Å². The van der Waals surface area contributed by atoms with E-state index in [4.69, 9.17) is 16.3 Å². The highest BCUT2D eigenvalue weighted by molar-refractivity contribution is 6.30. The number of hydrazone groups is 1. The van der Waals surface area contributed by atoms with Crippen LogP contribution in [0.1, 0.15) is 11.1 Å². The van der Waals surface area contributed by atoms with Gasteiger partial charge in [0.2, 0.25) is 0 Å². The van der Waals surface area contributed by atoms with E-state index in [0.717, 1.165) is 11.1 Å². The summed E-state index contributed by atoms with van der Waals surface area (Å²) in [6, 6.07) is 14.6. The van der Waals surface area contributed by atoms with Gasteiger partial charge in [0.25, 0.3) is 5.91 Å². The van der Waals surface area contributed by atoms with Gasteiger partial charge in [-0.15, -0.1) is 0 Å². The summed E-state index contributed by atoms with van der Waals surface area (Å²) in [6.07, 6.45) is 4.62. The van der Waals surface area contributed by atoms with Crippen molar-refractivity contribution < 1.29 is 9.53 Å². The lowest BCUT2D eigenvalue weighted by Gasteiger charge is -2.02. The molecular weight excluding hydrogens is 300 g/mol. The Morgan fingerprint density at radius 1 is 1.18 bits per heavy atom. The van der Waals surface area contributed by atoms with Crippen LogP contribution in [0.4, 0.5) is 0 Å². The molecule has 0 saturated carbocycles. The minimum absolute atomic E-state index is 0.318. The molecule has 4 nitrogen and oxygen atoms in total. The number of hydrogen-bond acceptors (Lipinski definition) is 3. The van der Waals surface area contributed by atoms with Gasteiger partial charge >= 0.3 is 0 Å². The molecule has 2 aromatic rings. The molecule has 5 heteroatoms. The first-order chi connectivity index (χ1) is 10.7. The van der Waals surface area contributed by atoms with Gasteiger partial charge in [-0.2, -0.15) is 5.10 Å². The lowest BCUT2D eigenvalue weighted by atomic mass is 10.2. The van der Waals surface area contributed by atoms with Gasteiger partial charge in [-0.25, -0.2) is 5.43 Å². The van der Waals surface area contributed by atoms with E-state index in [-0.39, 0.29) is 5.91 Å². The van der Waals surface area contributed by atoms with Crippen molar-refractivity contribution in [2.75, 3.05) is 7.11 Å². The summed E-state index contributed by atoms with van der Waals surface area (Å²) in [5, 5.41) is 4.56. The van der Waals surface area contributed by atoms with Crippen LogP contribution in [0, 0.1) is 0 Å². The molecule has 0 radical (unpaired) electrons. The fraction of sp³-hybridized carbons (Fsp3) is 0.0588. The maximum absolute atomic E-state index is 11.7. The van der Waals surface area contributed by atoms with Crippen molar-refractivity contribution in [1.29, 1.82) is 0 Å². The van der Waals surface area contributed by atoms with Crippen LogP contribution in [-0.2, 0) is 4.79 Å². The summed E-state index contributed by atoms with van der Waals surface area (Å²) < 4.78 is 5.19. The number of halogens is 1. The Bertz CT molecular complexity index is 694. The molecule has 0 aliphatic rings. The van der Waals surface area contributed by atoms with Crippen molar-refractivity contribution in [1.82, 2.24) is 5.43 Å². The molecule has 0 fully saturated rings. The second kappa shape index (κ2) is 8.00. The molecule has 0 aromatic heterocycles. The standard InChI is InChI=1S/C17H15ClN2O2/c1-22-16-5-3-2-4-14(16)12-19-20-17(21)11-8-13-6-9-15(18)10-7-13/h2-12H,1H3,(H,20,21)/b11-8+,19-12-.